The van der Waals surface area contributed by atoms with Crippen LogP contribution in [0, 0.1) is 0 Å². The Morgan fingerprint density at radius 1 is 1.06 bits per heavy atom. The Kier molecular flexibility index (Phi) is 3.99. The van der Waals surface area contributed by atoms with Crippen molar-refractivity contribution in [3.05, 3.63) is 0 Å². The van der Waals surface area contributed by atoms with Crippen LogP contribution in [-0.2, 0) is 9.59 Å². The van der Waals surface area contributed by atoms with E-state index in [1.54, 1.807) is 4.90 Å². The third kappa shape index (κ3) is 2.97. The first-order valence-corrected chi connectivity index (χ1v) is 6.53. The van der Waals surface area contributed by atoms with Crippen molar-refractivity contribution in [2.75, 3.05) is 26.2 Å². The lowest BCUT2D eigenvalue weighted by Crippen LogP contribution is -3.18. The number of nitrogens with zero attached hydrogens (tertiary/aromatic N) is 1. The predicted molar refractivity (Wildman–Crippen MR) is 59.2 cm³/mol. The Bertz CT molecular complexity index is 292. The van der Waals surface area contributed by atoms with Crippen LogP contribution in [0.2, 0.25) is 0 Å². The first kappa shape index (κ1) is 12.4. The Hall–Kier alpha value is -1.10. The van der Waals surface area contributed by atoms with Crippen LogP contribution >= 0.6 is 0 Å². The van der Waals surface area contributed by atoms with E-state index in [9.17, 15) is 14.7 Å². The van der Waals surface area contributed by atoms with Crippen LogP contribution in [0.3, 0.4) is 0 Å². The molecule has 1 heterocycles. The molecule has 0 atom stereocenters. The van der Waals surface area contributed by atoms with Gasteiger partial charge in [0.15, 0.2) is 0 Å². The van der Waals surface area contributed by atoms with E-state index in [0.717, 1.165) is 19.1 Å². The van der Waals surface area contributed by atoms with Gasteiger partial charge in [-0.15, -0.1) is 0 Å². The van der Waals surface area contributed by atoms with E-state index in [1.807, 2.05) is 0 Å². The summed E-state index contributed by atoms with van der Waals surface area (Å²) in [4.78, 5) is 24.7. The van der Waals surface area contributed by atoms with Crippen LogP contribution in [0.5, 0.6) is 0 Å². The molecule has 1 saturated heterocycles. The van der Waals surface area contributed by atoms with Gasteiger partial charge in [0.05, 0.1) is 32.2 Å². The van der Waals surface area contributed by atoms with E-state index in [0.29, 0.717) is 13.1 Å². The molecule has 1 aliphatic carbocycles. The van der Waals surface area contributed by atoms with Crippen LogP contribution in [0.4, 0.5) is 0 Å². The Labute approximate surface area is 101 Å². The number of hydrogen-bond donors (Lipinski definition) is 1. The second-order valence-corrected chi connectivity index (χ2v) is 5.07. The molecule has 0 spiro atoms. The number of carbonyl (C=O) groups is 2. The molecule has 17 heavy (non-hydrogen) atoms. The number of quaternary nitrogens is 1. The summed E-state index contributed by atoms with van der Waals surface area (Å²) in [6.45, 7) is 2.87. The van der Waals surface area contributed by atoms with Crippen molar-refractivity contribution in [1.82, 2.24) is 4.90 Å². The number of nitrogens with one attached hydrogen (secondary N) is 1. The third-order valence-electron chi connectivity index (χ3n) is 4.05. The number of aliphatic carboxylic acids is 1. The van der Waals surface area contributed by atoms with Gasteiger partial charge in [-0.1, -0.05) is 6.42 Å². The maximum absolute atomic E-state index is 11.2. The average Bonchev–Trinajstić information content (AvgIpc) is 2.39. The van der Waals surface area contributed by atoms with Crippen molar-refractivity contribution in [2.24, 2.45) is 0 Å². The summed E-state index contributed by atoms with van der Waals surface area (Å²) < 4.78 is 0. The van der Waals surface area contributed by atoms with E-state index >= 15 is 0 Å². The standard InChI is InChI=1S/C12H20N2O3/c15-11(12(16)17)14-8-6-13(7-9-14)10-4-2-1-3-5-10/h10H,1-9H2,(H,16,17). The minimum atomic E-state index is -1.58. The van der Waals surface area contributed by atoms with Crippen LogP contribution in [0.25, 0.3) is 0 Å². The molecule has 1 amide bonds. The Morgan fingerprint density at radius 2 is 1.65 bits per heavy atom. The van der Waals surface area contributed by atoms with Crippen molar-refractivity contribution in [1.29, 1.82) is 0 Å². The quantitative estimate of drug-likeness (QED) is 0.529. The summed E-state index contributed by atoms with van der Waals surface area (Å²) in [5, 5.41) is 10.5. The van der Waals surface area contributed by atoms with Crippen LogP contribution in [-0.4, -0.2) is 49.0 Å². The van der Waals surface area contributed by atoms with Gasteiger partial charge in [0, 0.05) is 0 Å². The van der Waals surface area contributed by atoms with Crippen molar-refractivity contribution < 1.29 is 19.6 Å². The van der Waals surface area contributed by atoms with Gasteiger partial charge >= 0.3 is 0 Å². The third-order valence-corrected chi connectivity index (χ3v) is 4.05. The lowest BCUT2D eigenvalue weighted by molar-refractivity contribution is -0.930. The first-order valence-electron chi connectivity index (χ1n) is 6.53. The summed E-state index contributed by atoms with van der Waals surface area (Å²) in [6.07, 6.45) is 6.54. The fraction of sp³-hybridized carbons (Fsp3) is 0.833. The highest BCUT2D eigenvalue weighted by Gasteiger charge is 2.30. The van der Waals surface area contributed by atoms with Gasteiger partial charge in [0.1, 0.15) is 5.97 Å². The maximum Gasteiger partial charge on any atom is 0.269 e. The molecule has 2 fully saturated rings. The van der Waals surface area contributed by atoms with Gasteiger partial charge in [-0.25, -0.2) is 0 Å². The zero-order valence-corrected chi connectivity index (χ0v) is 10.1. The molecule has 0 radical (unpaired) electrons. The molecule has 2 aliphatic rings. The second-order valence-electron chi connectivity index (χ2n) is 5.07. The molecule has 1 saturated carbocycles. The van der Waals surface area contributed by atoms with Crippen LogP contribution in [0.15, 0.2) is 0 Å². The normalized spacial score (nSPS) is 23.6. The van der Waals surface area contributed by atoms with Crippen LogP contribution in [0.1, 0.15) is 32.1 Å². The fourth-order valence-corrected chi connectivity index (χ4v) is 3.05. The predicted octanol–water partition coefficient (Wildman–Crippen LogP) is -2.20. The highest BCUT2D eigenvalue weighted by atomic mass is 16.4. The Balaban J connectivity index is 1.81. The van der Waals surface area contributed by atoms with Crippen LogP contribution < -0.4 is 10.0 Å². The molecule has 2 rings (SSSR count). The van der Waals surface area contributed by atoms with Gasteiger partial charge < -0.3 is 19.7 Å². The molecule has 0 aromatic heterocycles. The second kappa shape index (κ2) is 5.49. The molecule has 0 unspecified atom stereocenters. The van der Waals surface area contributed by atoms with E-state index in [4.69, 9.17) is 0 Å². The largest absolute Gasteiger partial charge is 0.540 e. The first-order chi connectivity index (χ1) is 8.18. The topological polar surface area (TPSA) is 64.9 Å². The minimum Gasteiger partial charge on any atom is -0.540 e. The molecular weight excluding hydrogens is 220 g/mol. The van der Waals surface area contributed by atoms with E-state index in [-0.39, 0.29) is 0 Å². The number of carboxylic acid groups (broad SMARTS) is 1. The monoisotopic (exact) mass is 240 g/mol. The van der Waals surface area contributed by atoms with Crippen molar-refractivity contribution >= 4 is 11.9 Å². The molecule has 5 heteroatoms. The fourth-order valence-electron chi connectivity index (χ4n) is 3.05. The lowest BCUT2D eigenvalue weighted by Gasteiger charge is -2.38. The zero-order valence-electron chi connectivity index (χ0n) is 10.1. The summed E-state index contributed by atoms with van der Waals surface area (Å²) in [5.41, 5.74) is 0. The molecule has 1 N–H and O–H groups in total. The maximum atomic E-state index is 11.2. The summed E-state index contributed by atoms with van der Waals surface area (Å²) in [5.74, 6) is -2.43. The molecule has 0 aromatic carbocycles. The van der Waals surface area contributed by atoms with Gasteiger partial charge in [0.25, 0.3) is 5.91 Å². The van der Waals surface area contributed by atoms with Crippen molar-refractivity contribution in [2.45, 2.75) is 38.1 Å². The summed E-state index contributed by atoms with van der Waals surface area (Å²) >= 11 is 0. The number of hydrogen-bond acceptors (Lipinski definition) is 3. The molecule has 0 aromatic rings. The number of amides is 1. The number of piperazine rings is 1. The van der Waals surface area contributed by atoms with Gasteiger partial charge in [-0.2, -0.15) is 0 Å². The van der Waals surface area contributed by atoms with Crippen molar-refractivity contribution in [3.63, 3.8) is 0 Å². The number of rotatable bonds is 1. The summed E-state index contributed by atoms with van der Waals surface area (Å²) in [6, 6.07) is 0.726. The van der Waals surface area contributed by atoms with Crippen molar-refractivity contribution in [3.8, 4) is 0 Å². The molecular formula is C12H20N2O3. The van der Waals surface area contributed by atoms with E-state index in [2.05, 4.69) is 0 Å². The summed E-state index contributed by atoms with van der Waals surface area (Å²) in [7, 11) is 0. The molecule has 96 valence electrons. The van der Waals surface area contributed by atoms with Gasteiger partial charge in [0.2, 0.25) is 0 Å². The molecule has 1 aliphatic heterocycles. The molecule has 5 nitrogen and oxygen atoms in total. The van der Waals surface area contributed by atoms with E-state index < -0.39 is 11.9 Å². The van der Waals surface area contributed by atoms with E-state index in [1.165, 1.54) is 37.0 Å². The SMILES string of the molecule is O=C([O-])C(=O)N1CC[NH+](C2CCCCC2)CC1. The zero-order chi connectivity index (χ0) is 12.3. The highest BCUT2D eigenvalue weighted by molar-refractivity contribution is 6.30. The van der Waals surface area contributed by atoms with Gasteiger partial charge in [-0.3, -0.25) is 4.79 Å². The average molecular weight is 240 g/mol. The molecule has 0 bridgehead atoms. The van der Waals surface area contributed by atoms with Gasteiger partial charge in [-0.05, 0) is 25.7 Å². The Morgan fingerprint density at radius 3 is 2.18 bits per heavy atom. The smallest absolute Gasteiger partial charge is 0.269 e. The highest BCUT2D eigenvalue weighted by Crippen LogP contribution is 2.15. The lowest BCUT2D eigenvalue weighted by atomic mass is 9.94. The number of carbonyl (C=O) groups excluding carboxylic acids is 2. The number of carboxylic acids is 1. The minimum absolute atomic E-state index is 0.554.